The lowest BCUT2D eigenvalue weighted by atomic mass is 10.1. The average molecular weight is 403 g/mol. The van der Waals surface area contributed by atoms with Gasteiger partial charge in [-0.25, -0.2) is 5.10 Å². The first-order chi connectivity index (χ1) is 11.6. The predicted molar refractivity (Wildman–Crippen MR) is 101 cm³/mol. The summed E-state index contributed by atoms with van der Waals surface area (Å²) in [6.45, 7) is 2.04. The van der Waals surface area contributed by atoms with E-state index in [0.717, 1.165) is 21.3 Å². The van der Waals surface area contributed by atoms with Crippen molar-refractivity contribution in [3.63, 3.8) is 0 Å². The SMILES string of the molecule is COc1ccc(Br)cc1/C=N\n1c(-c2ccc(C)cc2)n[nH]c1=S. The summed E-state index contributed by atoms with van der Waals surface area (Å²) < 4.78 is 8.33. The van der Waals surface area contributed by atoms with Gasteiger partial charge in [-0.3, -0.25) is 0 Å². The quantitative estimate of drug-likeness (QED) is 0.513. The summed E-state index contributed by atoms with van der Waals surface area (Å²) in [5, 5.41) is 11.5. The number of rotatable bonds is 4. The number of ether oxygens (including phenoxy) is 1. The van der Waals surface area contributed by atoms with Gasteiger partial charge in [0.1, 0.15) is 5.75 Å². The molecule has 1 heterocycles. The smallest absolute Gasteiger partial charge is 0.216 e. The van der Waals surface area contributed by atoms with Crippen LogP contribution in [0.25, 0.3) is 11.4 Å². The van der Waals surface area contributed by atoms with E-state index in [1.54, 1.807) is 18.0 Å². The summed E-state index contributed by atoms with van der Waals surface area (Å²) in [5.74, 6) is 1.39. The number of methoxy groups -OCH3 is 1. The number of H-pyrrole nitrogens is 1. The van der Waals surface area contributed by atoms with Crippen LogP contribution < -0.4 is 4.74 Å². The Morgan fingerprint density at radius 1 is 1.25 bits per heavy atom. The Labute approximate surface area is 153 Å². The Balaban J connectivity index is 2.02. The van der Waals surface area contributed by atoms with Crippen LogP contribution in [0.2, 0.25) is 0 Å². The molecule has 2 aromatic carbocycles. The van der Waals surface area contributed by atoms with Crippen molar-refractivity contribution in [2.24, 2.45) is 5.10 Å². The van der Waals surface area contributed by atoms with Crippen LogP contribution in [0.1, 0.15) is 11.1 Å². The first-order valence-corrected chi connectivity index (χ1v) is 8.41. The third-order valence-electron chi connectivity index (χ3n) is 3.46. The van der Waals surface area contributed by atoms with Gasteiger partial charge in [-0.2, -0.15) is 14.9 Å². The van der Waals surface area contributed by atoms with Gasteiger partial charge < -0.3 is 4.74 Å². The molecule has 0 radical (unpaired) electrons. The van der Waals surface area contributed by atoms with E-state index < -0.39 is 0 Å². The fourth-order valence-electron chi connectivity index (χ4n) is 2.21. The molecule has 3 aromatic rings. The Morgan fingerprint density at radius 2 is 2.00 bits per heavy atom. The zero-order valence-corrected chi connectivity index (χ0v) is 15.6. The van der Waals surface area contributed by atoms with E-state index >= 15 is 0 Å². The maximum atomic E-state index is 5.36. The summed E-state index contributed by atoms with van der Waals surface area (Å²) in [5.41, 5.74) is 2.96. The Hall–Kier alpha value is -2.25. The van der Waals surface area contributed by atoms with Gasteiger partial charge in [-0.1, -0.05) is 45.8 Å². The highest BCUT2D eigenvalue weighted by atomic mass is 79.9. The minimum absolute atomic E-state index is 0.427. The first kappa shape index (κ1) is 16.6. The number of hydrogen-bond donors (Lipinski definition) is 1. The van der Waals surface area contributed by atoms with E-state index in [2.05, 4.69) is 31.2 Å². The molecule has 0 aliphatic heterocycles. The van der Waals surface area contributed by atoms with Gasteiger partial charge >= 0.3 is 0 Å². The molecule has 0 spiro atoms. The fraction of sp³-hybridized carbons (Fsp3) is 0.118. The third-order valence-corrected chi connectivity index (χ3v) is 4.22. The third kappa shape index (κ3) is 3.47. The lowest BCUT2D eigenvalue weighted by Gasteiger charge is -2.05. The summed E-state index contributed by atoms with van der Waals surface area (Å²) >= 11 is 8.75. The molecule has 1 aromatic heterocycles. The molecule has 0 saturated carbocycles. The highest BCUT2D eigenvalue weighted by molar-refractivity contribution is 9.10. The molecular formula is C17H15BrN4OS. The second-order valence-corrected chi connectivity index (χ2v) is 6.46. The molecule has 122 valence electrons. The Morgan fingerprint density at radius 3 is 2.71 bits per heavy atom. The second kappa shape index (κ2) is 7.11. The van der Waals surface area contributed by atoms with Crippen LogP contribution in [-0.2, 0) is 0 Å². The summed E-state index contributed by atoms with van der Waals surface area (Å²) in [6, 6.07) is 13.8. The van der Waals surface area contributed by atoms with Crippen LogP contribution in [0, 0.1) is 11.7 Å². The maximum Gasteiger partial charge on any atom is 0.216 e. The number of aromatic nitrogens is 3. The first-order valence-electron chi connectivity index (χ1n) is 7.21. The fourth-order valence-corrected chi connectivity index (χ4v) is 2.77. The molecule has 0 bridgehead atoms. The topological polar surface area (TPSA) is 55.2 Å². The summed E-state index contributed by atoms with van der Waals surface area (Å²) in [7, 11) is 1.63. The summed E-state index contributed by atoms with van der Waals surface area (Å²) in [6.07, 6.45) is 1.70. The van der Waals surface area contributed by atoms with Crippen molar-refractivity contribution in [3.8, 4) is 17.1 Å². The molecular weight excluding hydrogens is 388 g/mol. The van der Waals surface area contributed by atoms with E-state index in [-0.39, 0.29) is 0 Å². The van der Waals surface area contributed by atoms with Crippen molar-refractivity contribution in [3.05, 3.63) is 62.8 Å². The van der Waals surface area contributed by atoms with Gasteiger partial charge in [0.15, 0.2) is 5.82 Å². The normalized spacial score (nSPS) is 11.1. The number of aryl methyl sites for hydroxylation is 1. The number of hydrogen-bond acceptors (Lipinski definition) is 4. The molecule has 5 nitrogen and oxygen atoms in total. The molecule has 3 rings (SSSR count). The molecule has 0 aliphatic rings. The molecule has 1 N–H and O–H groups in total. The van der Waals surface area contributed by atoms with Crippen molar-refractivity contribution in [1.29, 1.82) is 0 Å². The van der Waals surface area contributed by atoms with Crippen LogP contribution >= 0.6 is 28.1 Å². The Kier molecular flexibility index (Phi) is 4.92. The highest BCUT2D eigenvalue weighted by Gasteiger charge is 2.08. The molecule has 0 fully saturated rings. The van der Waals surface area contributed by atoms with Crippen LogP contribution in [0.4, 0.5) is 0 Å². The van der Waals surface area contributed by atoms with Gasteiger partial charge in [0.2, 0.25) is 4.77 Å². The van der Waals surface area contributed by atoms with Crippen molar-refractivity contribution >= 4 is 34.4 Å². The van der Waals surface area contributed by atoms with Crippen molar-refractivity contribution in [2.75, 3.05) is 7.11 Å². The molecule has 7 heteroatoms. The second-order valence-electron chi connectivity index (χ2n) is 5.16. The molecule has 0 saturated heterocycles. The van der Waals surface area contributed by atoms with Crippen molar-refractivity contribution in [2.45, 2.75) is 6.92 Å². The zero-order valence-electron chi connectivity index (χ0n) is 13.2. The van der Waals surface area contributed by atoms with Crippen molar-refractivity contribution in [1.82, 2.24) is 14.9 Å². The van der Waals surface area contributed by atoms with Gasteiger partial charge in [-0.15, -0.1) is 0 Å². The number of nitrogens with zero attached hydrogens (tertiary/aromatic N) is 3. The largest absolute Gasteiger partial charge is 0.496 e. The number of halogens is 1. The molecule has 0 unspecified atom stereocenters. The van der Waals surface area contributed by atoms with Crippen LogP contribution in [0.5, 0.6) is 5.75 Å². The minimum atomic E-state index is 0.427. The van der Waals surface area contributed by atoms with E-state index in [9.17, 15) is 0 Å². The monoisotopic (exact) mass is 402 g/mol. The molecule has 0 aliphatic carbocycles. The van der Waals surface area contributed by atoms with Gasteiger partial charge in [0, 0.05) is 15.6 Å². The van der Waals surface area contributed by atoms with Gasteiger partial charge in [0.05, 0.1) is 13.3 Å². The number of nitrogens with one attached hydrogen (secondary N) is 1. The van der Waals surface area contributed by atoms with Gasteiger partial charge in [0.25, 0.3) is 0 Å². The number of benzene rings is 2. The van der Waals surface area contributed by atoms with Crippen LogP contribution in [0.15, 0.2) is 52.0 Å². The molecule has 0 atom stereocenters. The highest BCUT2D eigenvalue weighted by Crippen LogP contribution is 2.22. The minimum Gasteiger partial charge on any atom is -0.496 e. The summed E-state index contributed by atoms with van der Waals surface area (Å²) in [4.78, 5) is 0. The van der Waals surface area contributed by atoms with E-state index in [0.29, 0.717) is 10.6 Å². The lowest BCUT2D eigenvalue weighted by Crippen LogP contribution is -1.97. The average Bonchev–Trinajstić information content (AvgIpc) is 2.94. The maximum absolute atomic E-state index is 5.36. The van der Waals surface area contributed by atoms with Crippen molar-refractivity contribution < 1.29 is 4.74 Å². The molecule has 0 amide bonds. The van der Waals surface area contributed by atoms with Gasteiger partial charge in [-0.05, 0) is 37.3 Å². The van der Waals surface area contributed by atoms with Crippen LogP contribution in [-0.4, -0.2) is 28.2 Å². The zero-order chi connectivity index (χ0) is 17.1. The van der Waals surface area contributed by atoms with E-state index in [1.165, 1.54) is 5.56 Å². The number of aromatic amines is 1. The Bertz CT molecular complexity index is 944. The van der Waals surface area contributed by atoms with Crippen LogP contribution in [0.3, 0.4) is 0 Å². The lowest BCUT2D eigenvalue weighted by molar-refractivity contribution is 0.414. The molecule has 24 heavy (non-hydrogen) atoms. The van der Waals surface area contributed by atoms with E-state index in [1.807, 2.05) is 49.4 Å². The predicted octanol–water partition coefficient (Wildman–Crippen LogP) is 4.57. The van der Waals surface area contributed by atoms with E-state index in [4.69, 9.17) is 17.0 Å². The standard InChI is InChI=1S/C17H15BrN4OS/c1-11-3-5-12(6-4-11)16-20-21-17(24)22(16)19-10-13-9-14(18)7-8-15(13)23-2/h3-10H,1-2H3,(H,21,24)/b19-10-.